The molecule has 0 bridgehead atoms. The number of nitrogens with zero attached hydrogens (tertiary/aromatic N) is 2. The smallest absolute Gasteiger partial charge is 0.253 e. The number of hydrogen-bond acceptors (Lipinski definition) is 4. The Labute approximate surface area is 166 Å². The van der Waals surface area contributed by atoms with E-state index in [0.29, 0.717) is 22.9 Å². The molecule has 3 aromatic rings. The quantitative estimate of drug-likeness (QED) is 0.680. The fourth-order valence-electron chi connectivity index (χ4n) is 2.83. The van der Waals surface area contributed by atoms with Gasteiger partial charge in [0.15, 0.2) is 0 Å². The molecule has 2 aromatic carbocycles. The summed E-state index contributed by atoms with van der Waals surface area (Å²) in [6.45, 7) is 0. The van der Waals surface area contributed by atoms with Crippen molar-refractivity contribution in [1.29, 1.82) is 0 Å². The number of imidazole rings is 1. The van der Waals surface area contributed by atoms with Gasteiger partial charge in [0, 0.05) is 25.5 Å². The fourth-order valence-corrected chi connectivity index (χ4v) is 3.08. The average molecular weight is 404 g/mol. The summed E-state index contributed by atoms with van der Waals surface area (Å²) < 4.78 is 25.8. The van der Waals surface area contributed by atoms with Gasteiger partial charge in [-0.1, -0.05) is 11.6 Å². The molecule has 0 radical (unpaired) electrons. The minimum atomic E-state index is -0.613. The van der Waals surface area contributed by atoms with Crippen molar-refractivity contribution >= 4 is 17.5 Å². The van der Waals surface area contributed by atoms with E-state index in [1.807, 2.05) is 7.05 Å². The van der Waals surface area contributed by atoms with Crippen LogP contribution in [-0.4, -0.2) is 29.7 Å². The molecular formula is C20H19ClFN3O3. The number of aromatic nitrogens is 2. The molecule has 0 spiro atoms. The van der Waals surface area contributed by atoms with Gasteiger partial charge in [0.25, 0.3) is 5.91 Å². The Morgan fingerprint density at radius 2 is 1.86 bits per heavy atom. The van der Waals surface area contributed by atoms with Crippen LogP contribution in [0.2, 0.25) is 5.02 Å². The van der Waals surface area contributed by atoms with Gasteiger partial charge in [-0.05, 0) is 35.9 Å². The Hall–Kier alpha value is -3.06. The summed E-state index contributed by atoms with van der Waals surface area (Å²) in [5, 5.41) is 2.94. The Balaban J connectivity index is 2.04. The second kappa shape index (κ2) is 8.31. The summed E-state index contributed by atoms with van der Waals surface area (Å²) in [7, 11) is 4.92. The van der Waals surface area contributed by atoms with Crippen molar-refractivity contribution in [1.82, 2.24) is 14.9 Å². The first-order valence-corrected chi connectivity index (χ1v) is 8.77. The molecular weight excluding hydrogens is 385 g/mol. The van der Waals surface area contributed by atoms with Crippen LogP contribution < -0.4 is 14.8 Å². The molecule has 1 unspecified atom stereocenters. The fraction of sp³-hybridized carbons (Fsp3) is 0.200. The van der Waals surface area contributed by atoms with Crippen LogP contribution in [0.15, 0.2) is 48.8 Å². The highest BCUT2D eigenvalue weighted by atomic mass is 35.5. The molecule has 1 heterocycles. The maximum Gasteiger partial charge on any atom is 0.253 e. The van der Waals surface area contributed by atoms with E-state index >= 15 is 0 Å². The Morgan fingerprint density at radius 3 is 2.39 bits per heavy atom. The van der Waals surface area contributed by atoms with Gasteiger partial charge in [-0.15, -0.1) is 0 Å². The summed E-state index contributed by atoms with van der Waals surface area (Å²) in [5.41, 5.74) is 0.870. The lowest BCUT2D eigenvalue weighted by molar-refractivity contribution is 0.0941. The van der Waals surface area contributed by atoms with Crippen molar-refractivity contribution < 1.29 is 18.7 Å². The summed E-state index contributed by atoms with van der Waals surface area (Å²) >= 11 is 6.04. The maximum atomic E-state index is 13.3. The van der Waals surface area contributed by atoms with Crippen LogP contribution >= 0.6 is 11.6 Å². The van der Waals surface area contributed by atoms with E-state index in [1.165, 1.54) is 12.1 Å². The van der Waals surface area contributed by atoms with Gasteiger partial charge < -0.3 is 19.4 Å². The molecule has 3 rings (SSSR count). The number of aryl methyl sites for hydroxylation is 1. The number of amides is 1. The predicted molar refractivity (Wildman–Crippen MR) is 103 cm³/mol. The number of carbonyl (C=O) groups is 1. The predicted octanol–water partition coefficient (Wildman–Crippen LogP) is 3.75. The van der Waals surface area contributed by atoms with Gasteiger partial charge in [-0.2, -0.15) is 0 Å². The van der Waals surface area contributed by atoms with E-state index in [2.05, 4.69) is 10.3 Å². The first kappa shape index (κ1) is 19.7. The van der Waals surface area contributed by atoms with Gasteiger partial charge in [0.2, 0.25) is 0 Å². The summed E-state index contributed by atoms with van der Waals surface area (Å²) in [6.07, 6.45) is 3.41. The molecule has 1 N–H and O–H groups in total. The normalized spacial score (nSPS) is 11.8. The summed E-state index contributed by atoms with van der Waals surface area (Å²) in [5.74, 6) is 0.770. The number of hydrogen-bond donors (Lipinski definition) is 1. The molecule has 0 saturated carbocycles. The second-order valence-electron chi connectivity index (χ2n) is 6.07. The molecule has 0 fully saturated rings. The first-order valence-electron chi connectivity index (χ1n) is 8.39. The number of nitrogens with one attached hydrogen (secondary N) is 1. The molecule has 0 aliphatic carbocycles. The molecule has 146 valence electrons. The van der Waals surface area contributed by atoms with E-state index < -0.39 is 17.8 Å². The SMILES string of the molecule is COc1cc(OC)cc(C(NC(=O)c2ccc(F)cc2Cl)c2nccn2C)c1. The van der Waals surface area contributed by atoms with Gasteiger partial charge in [-0.25, -0.2) is 9.37 Å². The zero-order valence-corrected chi connectivity index (χ0v) is 16.3. The minimum absolute atomic E-state index is 0.0271. The van der Waals surface area contributed by atoms with Crippen LogP contribution in [0.1, 0.15) is 27.8 Å². The molecule has 1 amide bonds. The first-order chi connectivity index (χ1) is 13.4. The zero-order valence-electron chi connectivity index (χ0n) is 15.6. The van der Waals surface area contributed by atoms with Crippen LogP contribution in [0, 0.1) is 5.82 Å². The number of methoxy groups -OCH3 is 2. The maximum absolute atomic E-state index is 13.3. The molecule has 0 aliphatic heterocycles. The van der Waals surface area contributed by atoms with Crippen LogP contribution in [0.25, 0.3) is 0 Å². The molecule has 0 aliphatic rings. The highest BCUT2D eigenvalue weighted by Crippen LogP contribution is 2.30. The van der Waals surface area contributed by atoms with Gasteiger partial charge in [-0.3, -0.25) is 4.79 Å². The van der Waals surface area contributed by atoms with Gasteiger partial charge in [0.05, 0.1) is 24.8 Å². The number of halogens is 2. The van der Waals surface area contributed by atoms with E-state index in [1.54, 1.807) is 49.4 Å². The summed E-state index contributed by atoms with van der Waals surface area (Å²) in [6, 6.07) is 8.32. The molecule has 0 saturated heterocycles. The third-order valence-corrected chi connectivity index (χ3v) is 4.59. The lowest BCUT2D eigenvalue weighted by Crippen LogP contribution is -2.31. The monoisotopic (exact) mass is 403 g/mol. The minimum Gasteiger partial charge on any atom is -0.497 e. The third-order valence-electron chi connectivity index (χ3n) is 4.27. The van der Waals surface area contributed by atoms with Crippen molar-refractivity contribution in [3.63, 3.8) is 0 Å². The van der Waals surface area contributed by atoms with Crippen LogP contribution in [0.4, 0.5) is 4.39 Å². The zero-order chi connectivity index (χ0) is 20.3. The van der Waals surface area contributed by atoms with E-state index in [4.69, 9.17) is 21.1 Å². The Morgan fingerprint density at radius 1 is 1.18 bits per heavy atom. The third kappa shape index (κ3) is 4.09. The largest absolute Gasteiger partial charge is 0.497 e. The van der Waals surface area contributed by atoms with Crippen LogP contribution in [0.3, 0.4) is 0 Å². The molecule has 1 aromatic heterocycles. The lowest BCUT2D eigenvalue weighted by atomic mass is 10.0. The van der Waals surface area contributed by atoms with Crippen molar-refractivity contribution in [3.05, 3.63) is 76.6 Å². The van der Waals surface area contributed by atoms with E-state index in [-0.39, 0.29) is 10.6 Å². The van der Waals surface area contributed by atoms with Crippen molar-refractivity contribution in [2.24, 2.45) is 7.05 Å². The summed E-state index contributed by atoms with van der Waals surface area (Å²) in [4.78, 5) is 17.2. The lowest BCUT2D eigenvalue weighted by Gasteiger charge is -2.21. The number of benzene rings is 2. The van der Waals surface area contributed by atoms with Crippen LogP contribution in [-0.2, 0) is 7.05 Å². The average Bonchev–Trinajstić information content (AvgIpc) is 3.11. The van der Waals surface area contributed by atoms with Gasteiger partial charge >= 0.3 is 0 Å². The molecule has 28 heavy (non-hydrogen) atoms. The van der Waals surface area contributed by atoms with E-state index in [0.717, 1.165) is 6.07 Å². The highest BCUT2D eigenvalue weighted by molar-refractivity contribution is 6.33. The second-order valence-corrected chi connectivity index (χ2v) is 6.48. The van der Waals surface area contributed by atoms with Crippen LogP contribution in [0.5, 0.6) is 11.5 Å². The molecule has 1 atom stereocenters. The van der Waals surface area contributed by atoms with Crippen molar-refractivity contribution in [2.75, 3.05) is 14.2 Å². The van der Waals surface area contributed by atoms with E-state index in [9.17, 15) is 9.18 Å². The van der Waals surface area contributed by atoms with Crippen molar-refractivity contribution in [2.45, 2.75) is 6.04 Å². The molecule has 6 nitrogen and oxygen atoms in total. The number of carbonyl (C=O) groups excluding carboxylic acids is 1. The van der Waals surface area contributed by atoms with Gasteiger partial charge in [0.1, 0.15) is 29.2 Å². The Kier molecular flexibility index (Phi) is 5.84. The Bertz CT molecular complexity index is 984. The molecule has 8 heteroatoms. The number of rotatable bonds is 6. The highest BCUT2D eigenvalue weighted by Gasteiger charge is 2.24. The topological polar surface area (TPSA) is 65.4 Å². The number of ether oxygens (including phenoxy) is 2. The van der Waals surface area contributed by atoms with Crippen molar-refractivity contribution in [3.8, 4) is 11.5 Å². The standard InChI is InChI=1S/C20H19ClFN3O3/c1-25-7-6-23-19(25)18(12-8-14(27-2)11-15(9-12)28-3)24-20(26)16-5-4-13(22)10-17(16)21/h4-11,18H,1-3H3,(H,24,26).